The zero-order chi connectivity index (χ0) is 16.8. The van der Waals surface area contributed by atoms with Crippen LogP contribution in [0.5, 0.6) is 5.75 Å². The molecule has 2 aromatic rings. The molecule has 0 aliphatic heterocycles. The number of carbonyl (C=O) groups excluding carboxylic acids is 1. The number of anilines is 1. The molecule has 0 aliphatic carbocycles. The summed E-state index contributed by atoms with van der Waals surface area (Å²) in [5, 5.41) is 11.6. The number of aromatic carboxylic acids is 1. The van der Waals surface area contributed by atoms with Crippen LogP contribution in [0.3, 0.4) is 0 Å². The van der Waals surface area contributed by atoms with Crippen LogP contribution in [0.25, 0.3) is 0 Å². The molecule has 2 aromatic carbocycles. The summed E-state index contributed by atoms with van der Waals surface area (Å²) < 4.78 is 5.73. The highest BCUT2D eigenvalue weighted by Gasteiger charge is 2.18. The van der Waals surface area contributed by atoms with Crippen molar-refractivity contribution in [1.29, 1.82) is 0 Å². The Morgan fingerprint density at radius 2 is 1.87 bits per heavy atom. The number of amides is 1. The summed E-state index contributed by atoms with van der Waals surface area (Å²) in [5.41, 5.74) is 1.76. The lowest BCUT2D eigenvalue weighted by molar-refractivity contribution is -0.122. The van der Waals surface area contributed by atoms with E-state index in [9.17, 15) is 9.59 Å². The zero-order valence-electron chi connectivity index (χ0n) is 13.1. The Labute approximate surface area is 134 Å². The van der Waals surface area contributed by atoms with Crippen molar-refractivity contribution in [3.63, 3.8) is 0 Å². The van der Waals surface area contributed by atoms with Gasteiger partial charge in [0.15, 0.2) is 6.10 Å². The molecular weight excluding hydrogens is 294 g/mol. The zero-order valence-corrected chi connectivity index (χ0v) is 13.1. The average Bonchev–Trinajstić information content (AvgIpc) is 2.53. The van der Waals surface area contributed by atoms with E-state index in [0.29, 0.717) is 17.9 Å². The van der Waals surface area contributed by atoms with Crippen LogP contribution in [0.15, 0.2) is 48.5 Å². The van der Waals surface area contributed by atoms with E-state index in [0.717, 1.165) is 5.56 Å². The van der Waals surface area contributed by atoms with Gasteiger partial charge in [-0.05, 0) is 55.3 Å². The highest BCUT2D eigenvalue weighted by Crippen LogP contribution is 2.17. The van der Waals surface area contributed by atoms with Crippen LogP contribution in [0.2, 0.25) is 0 Å². The number of carboxylic acid groups (broad SMARTS) is 1. The number of hydrogen-bond donors (Lipinski definition) is 2. The van der Waals surface area contributed by atoms with E-state index in [1.165, 1.54) is 12.1 Å². The van der Waals surface area contributed by atoms with Gasteiger partial charge in [-0.3, -0.25) is 4.79 Å². The first-order chi connectivity index (χ1) is 11.0. The number of benzene rings is 2. The summed E-state index contributed by atoms with van der Waals surface area (Å²) in [6.07, 6.45) is -0.0940. The quantitative estimate of drug-likeness (QED) is 0.856. The van der Waals surface area contributed by atoms with Gasteiger partial charge < -0.3 is 15.2 Å². The molecule has 5 nitrogen and oxygen atoms in total. The number of aryl methyl sites for hydroxylation is 1. The average molecular weight is 313 g/mol. The third-order valence-electron chi connectivity index (χ3n) is 3.33. The standard InChI is InChI=1S/C18H19NO4/c1-3-16(23-15-6-4-5-12(2)11-15)17(20)19-14-9-7-13(8-10-14)18(21)22/h4-11,16H,3H2,1-2H3,(H,19,20)(H,21,22). The van der Waals surface area contributed by atoms with Crippen molar-refractivity contribution in [3.05, 3.63) is 59.7 Å². The number of rotatable bonds is 6. The Hall–Kier alpha value is -2.82. The van der Waals surface area contributed by atoms with Gasteiger partial charge in [-0.15, -0.1) is 0 Å². The van der Waals surface area contributed by atoms with Gasteiger partial charge >= 0.3 is 5.97 Å². The van der Waals surface area contributed by atoms with E-state index >= 15 is 0 Å². The predicted octanol–water partition coefficient (Wildman–Crippen LogP) is 3.49. The Kier molecular flexibility index (Phi) is 5.36. The maximum atomic E-state index is 12.3. The summed E-state index contributed by atoms with van der Waals surface area (Å²) in [6.45, 7) is 3.82. The SMILES string of the molecule is CCC(Oc1cccc(C)c1)C(=O)Nc1ccc(C(=O)O)cc1. The molecule has 0 radical (unpaired) electrons. The molecule has 2 rings (SSSR count). The Bertz CT molecular complexity index is 694. The molecule has 0 aromatic heterocycles. The largest absolute Gasteiger partial charge is 0.481 e. The van der Waals surface area contributed by atoms with Crippen molar-refractivity contribution in [2.75, 3.05) is 5.32 Å². The second kappa shape index (κ2) is 7.45. The topological polar surface area (TPSA) is 75.6 Å². The maximum Gasteiger partial charge on any atom is 0.335 e. The third-order valence-corrected chi connectivity index (χ3v) is 3.33. The molecule has 0 aliphatic rings. The first kappa shape index (κ1) is 16.5. The summed E-state index contributed by atoms with van der Waals surface area (Å²) in [5.74, 6) is -0.623. The van der Waals surface area contributed by atoms with E-state index in [-0.39, 0.29) is 11.5 Å². The Balaban J connectivity index is 2.03. The highest BCUT2D eigenvalue weighted by atomic mass is 16.5. The van der Waals surface area contributed by atoms with Crippen LogP contribution in [-0.2, 0) is 4.79 Å². The van der Waals surface area contributed by atoms with Crippen LogP contribution < -0.4 is 10.1 Å². The number of ether oxygens (including phenoxy) is 1. The molecule has 5 heteroatoms. The summed E-state index contributed by atoms with van der Waals surface area (Å²) in [6, 6.07) is 13.5. The highest BCUT2D eigenvalue weighted by molar-refractivity contribution is 5.95. The molecule has 0 heterocycles. The van der Waals surface area contributed by atoms with Gasteiger partial charge in [-0.25, -0.2) is 4.79 Å². The van der Waals surface area contributed by atoms with Gasteiger partial charge in [-0.1, -0.05) is 19.1 Å². The predicted molar refractivity (Wildman–Crippen MR) is 87.9 cm³/mol. The van der Waals surface area contributed by atoms with Crippen molar-refractivity contribution in [2.45, 2.75) is 26.4 Å². The van der Waals surface area contributed by atoms with E-state index in [1.807, 2.05) is 38.1 Å². The van der Waals surface area contributed by atoms with Crippen LogP contribution in [0.1, 0.15) is 29.3 Å². The van der Waals surface area contributed by atoms with E-state index in [4.69, 9.17) is 9.84 Å². The van der Waals surface area contributed by atoms with Crippen molar-refractivity contribution >= 4 is 17.6 Å². The fourth-order valence-electron chi connectivity index (χ4n) is 2.09. The number of hydrogen-bond acceptors (Lipinski definition) is 3. The summed E-state index contributed by atoms with van der Waals surface area (Å²) >= 11 is 0. The molecule has 0 saturated heterocycles. The molecular formula is C18H19NO4. The fraction of sp³-hybridized carbons (Fsp3) is 0.222. The minimum atomic E-state index is -1.00. The molecule has 2 N–H and O–H groups in total. The van der Waals surface area contributed by atoms with Crippen LogP contribution in [0.4, 0.5) is 5.69 Å². The van der Waals surface area contributed by atoms with Crippen LogP contribution in [0, 0.1) is 6.92 Å². The summed E-state index contributed by atoms with van der Waals surface area (Å²) in [7, 11) is 0. The maximum absolute atomic E-state index is 12.3. The molecule has 1 atom stereocenters. The lowest BCUT2D eigenvalue weighted by Crippen LogP contribution is -2.32. The lowest BCUT2D eigenvalue weighted by Gasteiger charge is -2.17. The van der Waals surface area contributed by atoms with Gasteiger partial charge in [0.05, 0.1) is 5.56 Å². The second-order valence-electron chi connectivity index (χ2n) is 5.20. The van der Waals surface area contributed by atoms with Gasteiger partial charge in [0.1, 0.15) is 5.75 Å². The molecule has 0 bridgehead atoms. The molecule has 0 fully saturated rings. The van der Waals surface area contributed by atoms with Crippen LogP contribution in [-0.4, -0.2) is 23.1 Å². The van der Waals surface area contributed by atoms with Gasteiger partial charge in [0.2, 0.25) is 0 Å². The molecule has 23 heavy (non-hydrogen) atoms. The van der Waals surface area contributed by atoms with Gasteiger partial charge in [-0.2, -0.15) is 0 Å². The first-order valence-electron chi connectivity index (χ1n) is 7.37. The normalized spacial score (nSPS) is 11.6. The summed E-state index contributed by atoms with van der Waals surface area (Å²) in [4.78, 5) is 23.1. The number of carbonyl (C=O) groups is 2. The Morgan fingerprint density at radius 3 is 2.43 bits per heavy atom. The molecule has 0 spiro atoms. The second-order valence-corrected chi connectivity index (χ2v) is 5.20. The molecule has 120 valence electrons. The van der Waals surface area contributed by atoms with Crippen molar-refractivity contribution < 1.29 is 19.4 Å². The first-order valence-corrected chi connectivity index (χ1v) is 7.37. The van der Waals surface area contributed by atoms with Crippen molar-refractivity contribution in [3.8, 4) is 5.75 Å². The fourth-order valence-corrected chi connectivity index (χ4v) is 2.09. The number of nitrogens with one attached hydrogen (secondary N) is 1. The minimum absolute atomic E-state index is 0.172. The van der Waals surface area contributed by atoms with E-state index in [1.54, 1.807) is 12.1 Å². The minimum Gasteiger partial charge on any atom is -0.481 e. The lowest BCUT2D eigenvalue weighted by atomic mass is 10.2. The molecule has 0 saturated carbocycles. The molecule has 1 amide bonds. The third kappa shape index (κ3) is 4.57. The smallest absolute Gasteiger partial charge is 0.335 e. The van der Waals surface area contributed by atoms with Crippen LogP contribution >= 0.6 is 0 Å². The molecule has 1 unspecified atom stereocenters. The van der Waals surface area contributed by atoms with Gasteiger partial charge in [0.25, 0.3) is 5.91 Å². The van der Waals surface area contributed by atoms with Crippen molar-refractivity contribution in [2.24, 2.45) is 0 Å². The van der Waals surface area contributed by atoms with E-state index < -0.39 is 12.1 Å². The van der Waals surface area contributed by atoms with Gasteiger partial charge in [0, 0.05) is 5.69 Å². The monoisotopic (exact) mass is 313 g/mol. The van der Waals surface area contributed by atoms with Crippen molar-refractivity contribution in [1.82, 2.24) is 0 Å². The Morgan fingerprint density at radius 1 is 1.17 bits per heavy atom. The van der Waals surface area contributed by atoms with E-state index in [2.05, 4.69) is 5.32 Å². The number of carboxylic acids is 1.